The zero-order valence-corrected chi connectivity index (χ0v) is 20.6. The Balaban J connectivity index is 0.000000404. The molecule has 0 saturated carbocycles. The first kappa shape index (κ1) is 32.7. The minimum Gasteiger partial charge on any atom is -0.475 e. The number of aliphatic carboxylic acids is 2. The second-order valence-electron chi connectivity index (χ2n) is 8.94. The van der Waals surface area contributed by atoms with Gasteiger partial charge in [0.2, 0.25) is 0 Å². The molecule has 0 bridgehead atoms. The van der Waals surface area contributed by atoms with Crippen molar-refractivity contribution in [2.45, 2.75) is 63.3 Å². The van der Waals surface area contributed by atoms with Gasteiger partial charge in [0.15, 0.2) is 0 Å². The highest BCUT2D eigenvalue weighted by Crippen LogP contribution is 2.34. The molecule has 2 fully saturated rings. The minimum absolute atomic E-state index is 0.147. The van der Waals surface area contributed by atoms with Gasteiger partial charge in [0.25, 0.3) is 0 Å². The highest BCUT2D eigenvalue weighted by atomic mass is 19.4. The SMILES string of the molecule is CC(C)N(C)CC1CCC2(COCCN(Cc3ccco3)C2)O1.O=C(O)C(F)(F)F.O=C(O)C(F)(F)F. The van der Waals surface area contributed by atoms with E-state index in [9.17, 15) is 26.3 Å². The molecule has 15 heteroatoms. The second-order valence-corrected chi connectivity index (χ2v) is 8.94. The summed E-state index contributed by atoms with van der Waals surface area (Å²) in [4.78, 5) is 22.6. The van der Waals surface area contributed by atoms with Crippen LogP contribution in [0.3, 0.4) is 0 Å². The number of likely N-dealkylation sites (N-methyl/N-ethyl adjacent to an activating group) is 1. The first-order chi connectivity index (χ1) is 16.9. The highest BCUT2D eigenvalue weighted by molar-refractivity contribution is 5.73. The van der Waals surface area contributed by atoms with Gasteiger partial charge in [-0.25, -0.2) is 9.59 Å². The number of hydrogen-bond acceptors (Lipinski definition) is 7. The average Bonchev–Trinajstić information content (AvgIpc) is 3.36. The summed E-state index contributed by atoms with van der Waals surface area (Å²) >= 11 is 0. The lowest BCUT2D eigenvalue weighted by molar-refractivity contribution is -0.193. The van der Waals surface area contributed by atoms with Gasteiger partial charge in [0.1, 0.15) is 11.4 Å². The molecule has 3 rings (SSSR count). The molecule has 3 heterocycles. The number of furan rings is 1. The Hall–Kier alpha value is -2.36. The molecule has 2 aliphatic heterocycles. The van der Waals surface area contributed by atoms with Crippen molar-refractivity contribution in [3.8, 4) is 0 Å². The van der Waals surface area contributed by atoms with E-state index < -0.39 is 24.3 Å². The van der Waals surface area contributed by atoms with Gasteiger partial charge in [0, 0.05) is 25.7 Å². The number of carboxylic acid groups (broad SMARTS) is 2. The third-order valence-electron chi connectivity index (χ3n) is 5.59. The number of carboxylic acids is 2. The molecule has 2 N–H and O–H groups in total. The maximum Gasteiger partial charge on any atom is 0.490 e. The van der Waals surface area contributed by atoms with Crippen molar-refractivity contribution in [1.29, 1.82) is 0 Å². The summed E-state index contributed by atoms with van der Waals surface area (Å²) in [6.07, 6.45) is -5.91. The largest absolute Gasteiger partial charge is 0.490 e. The number of halogens is 6. The zero-order valence-electron chi connectivity index (χ0n) is 20.6. The van der Waals surface area contributed by atoms with Crippen LogP contribution in [0.15, 0.2) is 22.8 Å². The van der Waals surface area contributed by atoms with Crippen LogP contribution in [-0.4, -0.2) is 102 Å². The molecule has 1 spiro atoms. The lowest BCUT2D eigenvalue weighted by atomic mass is 10.00. The monoisotopic (exact) mass is 550 g/mol. The van der Waals surface area contributed by atoms with Crippen LogP contribution in [0, 0.1) is 0 Å². The van der Waals surface area contributed by atoms with Crippen molar-refractivity contribution in [3.63, 3.8) is 0 Å². The second kappa shape index (κ2) is 14.0. The smallest absolute Gasteiger partial charge is 0.475 e. The van der Waals surface area contributed by atoms with Gasteiger partial charge in [0.05, 0.1) is 32.1 Å². The summed E-state index contributed by atoms with van der Waals surface area (Å²) in [7, 11) is 2.17. The van der Waals surface area contributed by atoms with E-state index in [0.29, 0.717) is 18.8 Å². The topological polar surface area (TPSA) is 113 Å². The molecule has 214 valence electrons. The lowest BCUT2D eigenvalue weighted by Crippen LogP contribution is -2.45. The van der Waals surface area contributed by atoms with Crippen molar-refractivity contribution < 1.29 is 60.0 Å². The van der Waals surface area contributed by atoms with Crippen LogP contribution in [-0.2, 0) is 25.6 Å². The van der Waals surface area contributed by atoms with Crippen LogP contribution in [0.25, 0.3) is 0 Å². The molecule has 2 aliphatic rings. The molecule has 0 amide bonds. The molecule has 2 atom stereocenters. The van der Waals surface area contributed by atoms with Crippen LogP contribution in [0.2, 0.25) is 0 Å². The maximum atomic E-state index is 10.6. The van der Waals surface area contributed by atoms with Gasteiger partial charge in [-0.15, -0.1) is 0 Å². The number of hydrogen-bond donors (Lipinski definition) is 2. The van der Waals surface area contributed by atoms with E-state index in [4.69, 9.17) is 33.7 Å². The van der Waals surface area contributed by atoms with Gasteiger partial charge in [-0.1, -0.05) is 0 Å². The van der Waals surface area contributed by atoms with Gasteiger partial charge in [-0.05, 0) is 45.9 Å². The van der Waals surface area contributed by atoms with Crippen molar-refractivity contribution in [2.75, 3.05) is 39.9 Å². The molecule has 1 aromatic heterocycles. The fourth-order valence-electron chi connectivity index (χ4n) is 3.52. The molecule has 9 nitrogen and oxygen atoms in total. The number of nitrogens with zero attached hydrogens (tertiary/aromatic N) is 2. The molecule has 2 saturated heterocycles. The number of rotatable bonds is 5. The third kappa shape index (κ3) is 12.2. The van der Waals surface area contributed by atoms with Crippen molar-refractivity contribution in [3.05, 3.63) is 24.2 Å². The van der Waals surface area contributed by atoms with Crippen LogP contribution in [0.4, 0.5) is 26.3 Å². The predicted molar refractivity (Wildman–Crippen MR) is 117 cm³/mol. The molecule has 37 heavy (non-hydrogen) atoms. The molecule has 0 aliphatic carbocycles. The minimum atomic E-state index is -5.08. The Morgan fingerprint density at radius 3 is 2.19 bits per heavy atom. The van der Waals surface area contributed by atoms with E-state index >= 15 is 0 Å². The summed E-state index contributed by atoms with van der Waals surface area (Å²) in [5.74, 6) is -4.50. The summed E-state index contributed by atoms with van der Waals surface area (Å²) < 4.78 is 81.3. The molecule has 0 radical (unpaired) electrons. The Morgan fingerprint density at radius 2 is 1.73 bits per heavy atom. The van der Waals surface area contributed by atoms with Crippen LogP contribution < -0.4 is 0 Å². The fourth-order valence-corrected chi connectivity index (χ4v) is 3.52. The summed E-state index contributed by atoms with van der Waals surface area (Å²) in [6.45, 7) is 9.62. The molecule has 2 unspecified atom stereocenters. The number of carbonyl (C=O) groups is 2. The highest BCUT2D eigenvalue weighted by Gasteiger charge is 2.43. The zero-order chi connectivity index (χ0) is 28.4. The number of alkyl halides is 6. The molecule has 0 aromatic carbocycles. The summed E-state index contributed by atoms with van der Waals surface area (Å²) in [5, 5.41) is 14.2. The quantitative estimate of drug-likeness (QED) is 0.531. The first-order valence-electron chi connectivity index (χ1n) is 11.3. The average molecular weight is 550 g/mol. The fraction of sp³-hybridized carbons (Fsp3) is 0.727. The van der Waals surface area contributed by atoms with Crippen LogP contribution in [0.5, 0.6) is 0 Å². The molecule has 1 aromatic rings. The Labute approximate surface area is 209 Å². The van der Waals surface area contributed by atoms with Crippen molar-refractivity contribution in [2.24, 2.45) is 0 Å². The van der Waals surface area contributed by atoms with Gasteiger partial charge < -0.3 is 29.0 Å². The maximum absolute atomic E-state index is 10.6. The van der Waals surface area contributed by atoms with E-state index in [1.165, 1.54) is 0 Å². The Kier molecular flexibility index (Phi) is 12.3. The molecular weight excluding hydrogens is 518 g/mol. The van der Waals surface area contributed by atoms with Gasteiger partial charge >= 0.3 is 24.3 Å². The lowest BCUT2D eigenvalue weighted by Gasteiger charge is -2.32. The van der Waals surface area contributed by atoms with Crippen LogP contribution in [0.1, 0.15) is 32.4 Å². The van der Waals surface area contributed by atoms with Crippen molar-refractivity contribution >= 4 is 11.9 Å². The van der Waals surface area contributed by atoms with E-state index in [-0.39, 0.29) is 5.60 Å². The molecular formula is C22H32F6N2O7. The standard InChI is InChI=1S/C18H30N2O3.2C2HF3O2/c1-15(2)19(3)11-17-6-7-18(23-17)13-20(8-10-21-14-18)12-16-5-4-9-22-16;2*3-2(4,5)1(6)7/h4-5,9,15,17H,6-8,10-14H2,1-3H3;2*(H,6,7). The predicted octanol–water partition coefficient (Wildman–Crippen LogP) is 3.64. The van der Waals surface area contributed by atoms with Gasteiger partial charge in [-0.2, -0.15) is 26.3 Å². The Bertz CT molecular complexity index is 808. The van der Waals surface area contributed by atoms with E-state index in [0.717, 1.165) is 51.4 Å². The van der Waals surface area contributed by atoms with Crippen molar-refractivity contribution in [1.82, 2.24) is 9.80 Å². The van der Waals surface area contributed by atoms with Gasteiger partial charge in [-0.3, -0.25) is 4.90 Å². The first-order valence-corrected chi connectivity index (χ1v) is 11.3. The van der Waals surface area contributed by atoms with E-state index in [1.54, 1.807) is 6.26 Å². The van der Waals surface area contributed by atoms with Crippen LogP contribution >= 0.6 is 0 Å². The van der Waals surface area contributed by atoms with E-state index in [1.807, 2.05) is 12.1 Å². The summed E-state index contributed by atoms with van der Waals surface area (Å²) in [6, 6.07) is 4.54. The summed E-state index contributed by atoms with van der Waals surface area (Å²) in [5.41, 5.74) is -0.147. The van der Waals surface area contributed by atoms with E-state index in [2.05, 4.69) is 30.7 Å². The Morgan fingerprint density at radius 1 is 1.16 bits per heavy atom. The third-order valence-corrected chi connectivity index (χ3v) is 5.59. The normalized spacial score (nSPS) is 22.7. The number of ether oxygens (including phenoxy) is 2.